The fourth-order valence-corrected chi connectivity index (χ4v) is 2.46. The summed E-state index contributed by atoms with van der Waals surface area (Å²) in [6.45, 7) is 8.31. The molecule has 0 spiro atoms. The Morgan fingerprint density at radius 3 is 2.31 bits per heavy atom. The van der Waals surface area contributed by atoms with Crippen LogP contribution in [0.25, 0.3) is 0 Å². The lowest BCUT2D eigenvalue weighted by Gasteiger charge is -2.18. The van der Waals surface area contributed by atoms with Crippen molar-refractivity contribution in [1.82, 2.24) is 4.90 Å². The fraction of sp³-hybridized carbons (Fsp3) is 1.00. The standard InChI is InChI=1S/C12H25N/c1-5-6-7-8-12(9-11(2)3)10-13(12)4/h11H,5-10H2,1-4H3. The van der Waals surface area contributed by atoms with E-state index in [1.807, 2.05) is 0 Å². The van der Waals surface area contributed by atoms with Crippen molar-refractivity contribution in [3.8, 4) is 0 Å². The Kier molecular flexibility index (Phi) is 3.78. The molecular formula is C12H25N. The molecule has 0 aromatic heterocycles. The van der Waals surface area contributed by atoms with Crippen LogP contribution in [0.15, 0.2) is 0 Å². The van der Waals surface area contributed by atoms with E-state index in [2.05, 4.69) is 32.7 Å². The largest absolute Gasteiger partial charge is 0.298 e. The Morgan fingerprint density at radius 2 is 1.92 bits per heavy atom. The third-order valence-corrected chi connectivity index (χ3v) is 3.27. The van der Waals surface area contributed by atoms with Gasteiger partial charge in [0.05, 0.1) is 0 Å². The lowest BCUT2D eigenvalue weighted by atomic mass is 9.91. The molecule has 0 amide bonds. The highest BCUT2D eigenvalue weighted by atomic mass is 15.3. The van der Waals surface area contributed by atoms with Crippen molar-refractivity contribution < 1.29 is 0 Å². The second kappa shape index (κ2) is 4.45. The van der Waals surface area contributed by atoms with Crippen molar-refractivity contribution >= 4 is 0 Å². The third-order valence-electron chi connectivity index (χ3n) is 3.27. The summed E-state index contributed by atoms with van der Waals surface area (Å²) in [7, 11) is 2.27. The lowest BCUT2D eigenvalue weighted by Crippen LogP contribution is -2.19. The van der Waals surface area contributed by atoms with Crippen LogP contribution in [0.2, 0.25) is 0 Å². The maximum atomic E-state index is 2.53. The van der Waals surface area contributed by atoms with Crippen molar-refractivity contribution in [2.45, 2.75) is 58.4 Å². The molecule has 1 saturated heterocycles. The monoisotopic (exact) mass is 183 g/mol. The molecule has 1 heterocycles. The smallest absolute Gasteiger partial charge is 0.0336 e. The first-order valence-corrected chi connectivity index (χ1v) is 5.82. The van der Waals surface area contributed by atoms with Crippen molar-refractivity contribution in [3.63, 3.8) is 0 Å². The van der Waals surface area contributed by atoms with E-state index in [9.17, 15) is 0 Å². The molecule has 0 aliphatic carbocycles. The van der Waals surface area contributed by atoms with E-state index >= 15 is 0 Å². The van der Waals surface area contributed by atoms with Gasteiger partial charge in [-0.2, -0.15) is 0 Å². The van der Waals surface area contributed by atoms with E-state index in [0.29, 0.717) is 5.54 Å². The van der Waals surface area contributed by atoms with Gasteiger partial charge in [-0.15, -0.1) is 0 Å². The topological polar surface area (TPSA) is 3.01 Å². The van der Waals surface area contributed by atoms with Gasteiger partial charge in [0.25, 0.3) is 0 Å². The zero-order chi connectivity index (χ0) is 9.90. The van der Waals surface area contributed by atoms with E-state index in [1.54, 1.807) is 0 Å². The van der Waals surface area contributed by atoms with Gasteiger partial charge in [0.15, 0.2) is 0 Å². The number of hydrogen-bond donors (Lipinski definition) is 0. The number of nitrogens with zero attached hydrogens (tertiary/aromatic N) is 1. The molecule has 13 heavy (non-hydrogen) atoms. The van der Waals surface area contributed by atoms with E-state index < -0.39 is 0 Å². The van der Waals surface area contributed by atoms with Gasteiger partial charge >= 0.3 is 0 Å². The number of hydrogen-bond acceptors (Lipinski definition) is 1. The summed E-state index contributed by atoms with van der Waals surface area (Å²) >= 11 is 0. The minimum absolute atomic E-state index is 0.614. The van der Waals surface area contributed by atoms with Crippen LogP contribution in [-0.4, -0.2) is 24.0 Å². The molecule has 1 nitrogen and oxygen atoms in total. The molecule has 0 bridgehead atoms. The van der Waals surface area contributed by atoms with E-state index in [1.165, 1.54) is 38.6 Å². The fourth-order valence-electron chi connectivity index (χ4n) is 2.46. The molecule has 1 rings (SSSR count). The summed E-state index contributed by atoms with van der Waals surface area (Å²) in [5.74, 6) is 0.853. The number of rotatable bonds is 6. The van der Waals surface area contributed by atoms with Gasteiger partial charge in [-0.1, -0.05) is 40.0 Å². The third kappa shape index (κ3) is 2.98. The Hall–Kier alpha value is -0.0400. The molecule has 1 aliphatic rings. The highest BCUT2D eigenvalue weighted by Crippen LogP contribution is 2.40. The van der Waals surface area contributed by atoms with Gasteiger partial charge in [-0.3, -0.25) is 4.90 Å². The Balaban J connectivity index is 2.25. The molecule has 2 atom stereocenters. The predicted octanol–water partition coefficient (Wildman–Crippen LogP) is 3.30. The SMILES string of the molecule is CCCCCC1(CC(C)C)CN1C. The highest BCUT2D eigenvalue weighted by molar-refractivity contribution is 5.05. The normalized spacial score (nSPS) is 32.5. The maximum Gasteiger partial charge on any atom is 0.0336 e. The Bertz CT molecular complexity index is 153. The van der Waals surface area contributed by atoms with Crippen molar-refractivity contribution in [1.29, 1.82) is 0 Å². The van der Waals surface area contributed by atoms with Crippen molar-refractivity contribution in [3.05, 3.63) is 0 Å². The summed E-state index contributed by atoms with van der Waals surface area (Å²) < 4.78 is 0. The average molecular weight is 183 g/mol. The summed E-state index contributed by atoms with van der Waals surface area (Å²) in [6.07, 6.45) is 7.01. The summed E-state index contributed by atoms with van der Waals surface area (Å²) in [5.41, 5.74) is 0.614. The van der Waals surface area contributed by atoms with Crippen LogP contribution in [-0.2, 0) is 0 Å². The van der Waals surface area contributed by atoms with Crippen LogP contribution in [0.4, 0.5) is 0 Å². The van der Waals surface area contributed by atoms with Crippen molar-refractivity contribution in [2.24, 2.45) is 5.92 Å². The van der Waals surface area contributed by atoms with Gasteiger partial charge in [-0.25, -0.2) is 0 Å². The van der Waals surface area contributed by atoms with Gasteiger partial charge in [0, 0.05) is 12.1 Å². The molecular weight excluding hydrogens is 158 g/mol. The van der Waals surface area contributed by atoms with Crippen LogP contribution >= 0.6 is 0 Å². The van der Waals surface area contributed by atoms with Gasteiger partial charge in [0.1, 0.15) is 0 Å². The zero-order valence-electron chi connectivity index (χ0n) is 9.77. The lowest BCUT2D eigenvalue weighted by molar-refractivity contribution is 0.351. The van der Waals surface area contributed by atoms with Crippen LogP contribution in [0, 0.1) is 5.92 Å². The Labute approximate surface area is 83.5 Å². The van der Waals surface area contributed by atoms with Crippen LogP contribution in [0.5, 0.6) is 0 Å². The van der Waals surface area contributed by atoms with E-state index in [0.717, 1.165) is 5.92 Å². The summed E-state index contributed by atoms with van der Waals surface area (Å²) in [4.78, 5) is 2.53. The first-order valence-electron chi connectivity index (χ1n) is 5.82. The maximum absolute atomic E-state index is 2.53. The molecule has 0 N–H and O–H groups in total. The summed E-state index contributed by atoms with van der Waals surface area (Å²) in [5, 5.41) is 0. The molecule has 0 aromatic carbocycles. The number of unbranched alkanes of at least 4 members (excludes halogenated alkanes) is 2. The molecule has 2 unspecified atom stereocenters. The van der Waals surface area contributed by atoms with Gasteiger partial charge < -0.3 is 0 Å². The minimum Gasteiger partial charge on any atom is -0.298 e. The second-order valence-corrected chi connectivity index (χ2v) is 5.14. The van der Waals surface area contributed by atoms with Crippen LogP contribution < -0.4 is 0 Å². The molecule has 78 valence electrons. The molecule has 1 heteroatoms. The van der Waals surface area contributed by atoms with Gasteiger partial charge in [0.2, 0.25) is 0 Å². The van der Waals surface area contributed by atoms with Gasteiger partial charge in [-0.05, 0) is 25.8 Å². The zero-order valence-corrected chi connectivity index (χ0v) is 9.77. The predicted molar refractivity (Wildman–Crippen MR) is 59.0 cm³/mol. The second-order valence-electron chi connectivity index (χ2n) is 5.14. The molecule has 0 aromatic rings. The first-order chi connectivity index (χ1) is 6.10. The quantitative estimate of drug-likeness (QED) is 0.451. The Morgan fingerprint density at radius 1 is 1.31 bits per heavy atom. The van der Waals surface area contributed by atoms with Crippen molar-refractivity contribution in [2.75, 3.05) is 13.6 Å². The van der Waals surface area contributed by atoms with Crippen LogP contribution in [0.3, 0.4) is 0 Å². The summed E-state index contributed by atoms with van der Waals surface area (Å²) in [6, 6.07) is 0. The van der Waals surface area contributed by atoms with Crippen LogP contribution in [0.1, 0.15) is 52.9 Å². The molecule has 0 saturated carbocycles. The average Bonchev–Trinajstić information content (AvgIpc) is 2.60. The minimum atomic E-state index is 0.614. The first kappa shape index (κ1) is 11.0. The molecule has 1 aliphatic heterocycles. The highest BCUT2D eigenvalue weighted by Gasteiger charge is 2.47. The molecule has 0 radical (unpaired) electrons. The molecule has 1 fully saturated rings. The van der Waals surface area contributed by atoms with E-state index in [-0.39, 0.29) is 0 Å². The number of likely N-dealkylation sites (N-methyl/N-ethyl adjacent to an activating group) is 1. The van der Waals surface area contributed by atoms with E-state index in [4.69, 9.17) is 0 Å².